The molecule has 3 rings (SSSR count). The van der Waals surface area contributed by atoms with Gasteiger partial charge in [-0.05, 0) is 37.4 Å². The summed E-state index contributed by atoms with van der Waals surface area (Å²) in [5.41, 5.74) is 1.94. The van der Waals surface area contributed by atoms with E-state index in [2.05, 4.69) is 10.2 Å². The van der Waals surface area contributed by atoms with Crippen LogP contribution in [0.2, 0.25) is 0 Å². The molecule has 1 aliphatic heterocycles. The lowest BCUT2D eigenvalue weighted by Gasteiger charge is -2.34. The van der Waals surface area contributed by atoms with Gasteiger partial charge >= 0.3 is 0 Å². The molecule has 1 saturated heterocycles. The second-order valence-electron chi connectivity index (χ2n) is 8.00. The van der Waals surface area contributed by atoms with Crippen molar-refractivity contribution in [2.24, 2.45) is 0 Å². The molecule has 1 amide bonds. The van der Waals surface area contributed by atoms with Gasteiger partial charge in [0.25, 0.3) is 0 Å². The number of nitrogens with one attached hydrogen (secondary N) is 1. The third-order valence-electron chi connectivity index (χ3n) is 5.70. The van der Waals surface area contributed by atoms with Crippen molar-refractivity contribution in [3.63, 3.8) is 0 Å². The lowest BCUT2D eigenvalue weighted by Crippen LogP contribution is -2.48. The fourth-order valence-corrected chi connectivity index (χ4v) is 5.10. The van der Waals surface area contributed by atoms with Gasteiger partial charge in [0.1, 0.15) is 11.8 Å². The minimum absolute atomic E-state index is 0.00647. The molecule has 0 aliphatic carbocycles. The van der Waals surface area contributed by atoms with Crippen molar-refractivity contribution in [3.8, 4) is 5.75 Å². The van der Waals surface area contributed by atoms with Crippen LogP contribution in [0.3, 0.4) is 0 Å². The minimum Gasteiger partial charge on any atom is -0.497 e. The lowest BCUT2D eigenvalue weighted by atomic mass is 10.0. The average Bonchev–Trinajstić information content (AvgIpc) is 2.76. The number of hydrogen-bond donors (Lipinski definition) is 1. The van der Waals surface area contributed by atoms with E-state index in [0.29, 0.717) is 19.6 Å². The van der Waals surface area contributed by atoms with Crippen molar-refractivity contribution in [3.05, 3.63) is 65.7 Å². The van der Waals surface area contributed by atoms with Gasteiger partial charge in [-0.2, -0.15) is 0 Å². The van der Waals surface area contributed by atoms with Crippen LogP contribution >= 0.6 is 0 Å². The van der Waals surface area contributed by atoms with Crippen molar-refractivity contribution < 1.29 is 17.9 Å². The number of rotatable bonds is 8. The number of amides is 1. The summed E-state index contributed by atoms with van der Waals surface area (Å²) in [5, 5.41) is 3.10. The first-order chi connectivity index (χ1) is 14.8. The van der Waals surface area contributed by atoms with Crippen LogP contribution in [0.1, 0.15) is 23.2 Å². The Labute approximate surface area is 184 Å². The first-order valence-electron chi connectivity index (χ1n) is 10.4. The predicted octanol–water partition coefficient (Wildman–Crippen LogP) is 1.89. The molecule has 1 aliphatic rings. The maximum absolute atomic E-state index is 13.3. The van der Waals surface area contributed by atoms with Crippen molar-refractivity contribution in [1.82, 2.24) is 15.1 Å². The van der Waals surface area contributed by atoms with E-state index in [1.54, 1.807) is 7.11 Å². The molecule has 0 saturated carbocycles. The number of hydrogen-bond acceptors (Lipinski definition) is 6. The van der Waals surface area contributed by atoms with Gasteiger partial charge in [0.15, 0.2) is 9.84 Å². The Morgan fingerprint density at radius 1 is 1.03 bits per heavy atom. The van der Waals surface area contributed by atoms with Gasteiger partial charge in [0.05, 0.1) is 24.7 Å². The zero-order valence-electron chi connectivity index (χ0n) is 18.3. The molecule has 0 radical (unpaired) electrons. The van der Waals surface area contributed by atoms with E-state index >= 15 is 0 Å². The van der Waals surface area contributed by atoms with Crippen LogP contribution in [-0.4, -0.2) is 76.5 Å². The second kappa shape index (κ2) is 10.3. The summed E-state index contributed by atoms with van der Waals surface area (Å²) in [7, 11) is 2.56. The molecule has 8 heteroatoms. The molecule has 7 nitrogen and oxygen atoms in total. The Kier molecular flexibility index (Phi) is 7.69. The topological polar surface area (TPSA) is 79.0 Å². The third-order valence-corrected chi connectivity index (χ3v) is 7.31. The zero-order valence-corrected chi connectivity index (χ0v) is 19.1. The Morgan fingerprint density at radius 2 is 1.65 bits per heavy atom. The molecule has 0 bridgehead atoms. The van der Waals surface area contributed by atoms with Crippen LogP contribution in [0, 0.1) is 0 Å². The van der Waals surface area contributed by atoms with Crippen molar-refractivity contribution in [2.75, 3.05) is 52.3 Å². The van der Waals surface area contributed by atoms with Crippen molar-refractivity contribution in [2.45, 2.75) is 12.1 Å². The standard InChI is InChI=1S/C23H31N3O4S/c1-25(2)21(18-9-11-20(30-3)12-10-18)17-24-23(27)22(19-7-5-4-6-8-19)26-13-15-31(28,29)16-14-26/h4-12,21-22H,13-17H2,1-3H3,(H,24,27). The Hall–Kier alpha value is -2.42. The summed E-state index contributed by atoms with van der Waals surface area (Å²) < 4.78 is 29.0. The third kappa shape index (κ3) is 6.06. The summed E-state index contributed by atoms with van der Waals surface area (Å²) in [6.07, 6.45) is 0. The molecule has 1 fully saturated rings. The Morgan fingerprint density at radius 3 is 2.19 bits per heavy atom. The van der Waals surface area contributed by atoms with Crippen LogP contribution < -0.4 is 10.1 Å². The number of sulfone groups is 1. The van der Waals surface area contributed by atoms with E-state index in [0.717, 1.165) is 16.9 Å². The normalized spacial score (nSPS) is 18.3. The zero-order chi connectivity index (χ0) is 22.4. The van der Waals surface area contributed by atoms with Crippen LogP contribution in [0.15, 0.2) is 54.6 Å². The van der Waals surface area contributed by atoms with Gasteiger partial charge in [-0.15, -0.1) is 0 Å². The fourth-order valence-electron chi connectivity index (χ4n) is 3.87. The van der Waals surface area contributed by atoms with Crippen molar-refractivity contribution in [1.29, 1.82) is 0 Å². The largest absolute Gasteiger partial charge is 0.497 e. The van der Waals surface area contributed by atoms with Gasteiger partial charge in [-0.1, -0.05) is 42.5 Å². The molecule has 2 atom stereocenters. The van der Waals surface area contributed by atoms with Gasteiger partial charge < -0.3 is 15.0 Å². The Balaban J connectivity index is 1.75. The lowest BCUT2D eigenvalue weighted by molar-refractivity contribution is -0.126. The maximum atomic E-state index is 13.3. The molecule has 2 aromatic rings. The second-order valence-corrected chi connectivity index (χ2v) is 10.3. The van der Waals surface area contributed by atoms with Crippen LogP contribution in [0.5, 0.6) is 5.75 Å². The highest BCUT2D eigenvalue weighted by Gasteiger charge is 2.32. The quantitative estimate of drug-likeness (QED) is 0.669. The number of likely N-dealkylation sites (N-methyl/N-ethyl adjacent to an activating group) is 1. The van der Waals surface area contributed by atoms with Gasteiger partial charge in [0, 0.05) is 19.6 Å². The van der Waals surface area contributed by atoms with Crippen molar-refractivity contribution >= 4 is 15.7 Å². The summed E-state index contributed by atoms with van der Waals surface area (Å²) >= 11 is 0. The maximum Gasteiger partial charge on any atom is 0.242 e. The van der Waals surface area contributed by atoms with E-state index < -0.39 is 15.9 Å². The minimum atomic E-state index is -3.03. The molecule has 1 N–H and O–H groups in total. The SMILES string of the molecule is COc1ccc(C(CNC(=O)C(c2ccccc2)N2CCS(=O)(=O)CC2)N(C)C)cc1. The van der Waals surface area contributed by atoms with Crippen LogP contribution in [0.4, 0.5) is 0 Å². The highest BCUT2D eigenvalue weighted by atomic mass is 32.2. The number of benzene rings is 2. The van der Waals surface area contributed by atoms with Crippen LogP contribution in [0.25, 0.3) is 0 Å². The first kappa shape index (κ1) is 23.2. The summed E-state index contributed by atoms with van der Waals surface area (Å²) in [6, 6.07) is 16.8. The average molecular weight is 446 g/mol. The number of carbonyl (C=O) groups is 1. The molecule has 0 aromatic heterocycles. The van der Waals surface area contributed by atoms with Gasteiger partial charge in [-0.3, -0.25) is 9.69 Å². The van der Waals surface area contributed by atoms with E-state index in [1.165, 1.54) is 0 Å². The molecule has 168 valence electrons. The van der Waals surface area contributed by atoms with E-state index in [1.807, 2.05) is 73.6 Å². The van der Waals surface area contributed by atoms with E-state index in [4.69, 9.17) is 4.74 Å². The number of ether oxygens (including phenoxy) is 1. The highest BCUT2D eigenvalue weighted by molar-refractivity contribution is 7.91. The molecule has 0 spiro atoms. The molecule has 31 heavy (non-hydrogen) atoms. The van der Waals surface area contributed by atoms with Gasteiger partial charge in [0.2, 0.25) is 5.91 Å². The summed E-state index contributed by atoms with van der Waals surface area (Å²) in [6.45, 7) is 1.14. The summed E-state index contributed by atoms with van der Waals surface area (Å²) in [5.74, 6) is 0.825. The van der Waals surface area contributed by atoms with E-state index in [9.17, 15) is 13.2 Å². The predicted molar refractivity (Wildman–Crippen MR) is 122 cm³/mol. The molecule has 1 heterocycles. The van der Waals surface area contributed by atoms with E-state index in [-0.39, 0.29) is 23.5 Å². The number of methoxy groups -OCH3 is 1. The molecular weight excluding hydrogens is 414 g/mol. The Bertz CT molecular complexity index is 948. The number of nitrogens with zero attached hydrogens (tertiary/aromatic N) is 2. The molecule has 2 aromatic carbocycles. The van der Waals surface area contributed by atoms with Crippen LogP contribution in [-0.2, 0) is 14.6 Å². The molecular formula is C23H31N3O4S. The highest BCUT2D eigenvalue weighted by Crippen LogP contribution is 2.25. The number of carbonyl (C=O) groups excluding carboxylic acids is 1. The molecule has 2 unspecified atom stereocenters. The summed E-state index contributed by atoms with van der Waals surface area (Å²) in [4.78, 5) is 17.3. The fraction of sp³-hybridized carbons (Fsp3) is 0.435. The smallest absolute Gasteiger partial charge is 0.242 e. The van der Waals surface area contributed by atoms with Gasteiger partial charge in [-0.25, -0.2) is 8.42 Å². The first-order valence-corrected chi connectivity index (χ1v) is 12.2. The monoisotopic (exact) mass is 445 g/mol.